The lowest BCUT2D eigenvalue weighted by molar-refractivity contribution is -0.144. The predicted octanol–water partition coefficient (Wildman–Crippen LogP) is 3.02. The van der Waals surface area contributed by atoms with Crippen LogP contribution < -0.4 is 5.32 Å². The van der Waals surface area contributed by atoms with Crippen LogP contribution in [0.3, 0.4) is 0 Å². The van der Waals surface area contributed by atoms with Gasteiger partial charge >= 0.3 is 6.18 Å². The lowest BCUT2D eigenvalue weighted by Crippen LogP contribution is -2.37. The van der Waals surface area contributed by atoms with Gasteiger partial charge in [0.2, 0.25) is 11.7 Å². The average Bonchev–Trinajstić information content (AvgIpc) is 3.19. The Bertz CT molecular complexity index is 843. The van der Waals surface area contributed by atoms with Gasteiger partial charge in [0.1, 0.15) is 0 Å². The van der Waals surface area contributed by atoms with Gasteiger partial charge in [-0.25, -0.2) is 4.98 Å². The standard InChI is InChI=1S/C18H21F3N4O2/c19-18(20,21)16-23-13-3-2-12(8-14(13)24-16)22-15(26)9-25-6-5-17(10-25)4-1-7-27-11-17/h2-3,8H,1,4-7,9-11H2,(H,22,26)(H,23,24). The molecule has 1 aromatic heterocycles. The molecule has 1 unspecified atom stereocenters. The van der Waals surface area contributed by atoms with Crippen molar-refractivity contribution in [3.63, 3.8) is 0 Å². The Kier molecular flexibility index (Phi) is 4.59. The van der Waals surface area contributed by atoms with Crippen molar-refractivity contribution in [2.75, 3.05) is 38.2 Å². The van der Waals surface area contributed by atoms with E-state index >= 15 is 0 Å². The zero-order valence-electron chi connectivity index (χ0n) is 14.7. The number of alkyl halides is 3. The van der Waals surface area contributed by atoms with Crippen molar-refractivity contribution in [1.29, 1.82) is 0 Å². The number of imidazole rings is 1. The highest BCUT2D eigenvalue weighted by Gasteiger charge is 2.40. The normalized spacial score (nSPS) is 24.0. The van der Waals surface area contributed by atoms with Crippen molar-refractivity contribution < 1.29 is 22.7 Å². The number of likely N-dealkylation sites (tertiary alicyclic amines) is 1. The molecule has 1 amide bonds. The molecule has 2 N–H and O–H groups in total. The van der Waals surface area contributed by atoms with E-state index in [0.717, 1.165) is 45.6 Å². The van der Waals surface area contributed by atoms with E-state index in [1.807, 2.05) is 0 Å². The number of ether oxygens (including phenoxy) is 1. The summed E-state index contributed by atoms with van der Waals surface area (Å²) in [4.78, 5) is 20.2. The first-order valence-electron chi connectivity index (χ1n) is 9.00. The van der Waals surface area contributed by atoms with E-state index in [2.05, 4.69) is 20.2 Å². The Labute approximate surface area is 154 Å². The Morgan fingerprint density at radius 2 is 2.22 bits per heavy atom. The molecule has 27 heavy (non-hydrogen) atoms. The number of hydrogen-bond donors (Lipinski definition) is 2. The molecule has 0 aliphatic carbocycles. The summed E-state index contributed by atoms with van der Waals surface area (Å²) in [6, 6.07) is 4.48. The van der Waals surface area contributed by atoms with Gasteiger partial charge in [0.25, 0.3) is 0 Å². The van der Waals surface area contributed by atoms with Crippen LogP contribution in [0.5, 0.6) is 0 Å². The number of carbonyl (C=O) groups excluding carboxylic acids is 1. The minimum Gasteiger partial charge on any atom is -0.381 e. The summed E-state index contributed by atoms with van der Waals surface area (Å²) < 4.78 is 43.8. The summed E-state index contributed by atoms with van der Waals surface area (Å²) in [5.41, 5.74) is 1.06. The molecule has 9 heteroatoms. The minimum atomic E-state index is -4.53. The first-order valence-corrected chi connectivity index (χ1v) is 9.00. The molecule has 3 heterocycles. The smallest absolute Gasteiger partial charge is 0.381 e. The van der Waals surface area contributed by atoms with Gasteiger partial charge in [-0.05, 0) is 44.0 Å². The molecule has 146 valence electrons. The van der Waals surface area contributed by atoms with E-state index in [-0.39, 0.29) is 28.9 Å². The van der Waals surface area contributed by atoms with Crippen LogP contribution in [0.1, 0.15) is 25.1 Å². The number of benzene rings is 1. The molecule has 0 bridgehead atoms. The summed E-state index contributed by atoms with van der Waals surface area (Å²) >= 11 is 0. The number of amides is 1. The first kappa shape index (κ1) is 18.2. The lowest BCUT2D eigenvalue weighted by Gasteiger charge is -2.33. The quantitative estimate of drug-likeness (QED) is 0.856. The maximum absolute atomic E-state index is 12.7. The van der Waals surface area contributed by atoms with Crippen LogP contribution >= 0.6 is 0 Å². The number of aromatic nitrogens is 2. The molecule has 2 aromatic rings. The molecule has 2 aliphatic heterocycles. The highest BCUT2D eigenvalue weighted by atomic mass is 19.4. The molecule has 6 nitrogen and oxygen atoms in total. The molecular weight excluding hydrogens is 361 g/mol. The van der Waals surface area contributed by atoms with Crippen LogP contribution in [0.4, 0.5) is 18.9 Å². The molecular formula is C18H21F3N4O2. The van der Waals surface area contributed by atoms with E-state index in [1.54, 1.807) is 6.07 Å². The van der Waals surface area contributed by atoms with Gasteiger partial charge < -0.3 is 15.0 Å². The maximum Gasteiger partial charge on any atom is 0.449 e. The fraction of sp³-hybridized carbons (Fsp3) is 0.556. The number of carbonyl (C=O) groups is 1. The van der Waals surface area contributed by atoms with E-state index in [9.17, 15) is 18.0 Å². The van der Waals surface area contributed by atoms with E-state index in [0.29, 0.717) is 5.69 Å². The molecule has 0 saturated carbocycles. The van der Waals surface area contributed by atoms with Crippen molar-refractivity contribution in [3.8, 4) is 0 Å². The number of halogens is 3. The van der Waals surface area contributed by atoms with Crippen molar-refractivity contribution >= 4 is 22.6 Å². The number of nitrogens with one attached hydrogen (secondary N) is 2. The number of aromatic amines is 1. The second kappa shape index (κ2) is 6.79. The highest BCUT2D eigenvalue weighted by molar-refractivity contribution is 5.94. The number of anilines is 1. The molecule has 1 aromatic carbocycles. The summed E-state index contributed by atoms with van der Waals surface area (Å²) in [5, 5.41) is 2.76. The summed E-state index contributed by atoms with van der Waals surface area (Å²) in [6.45, 7) is 3.52. The van der Waals surface area contributed by atoms with Gasteiger partial charge in [-0.3, -0.25) is 9.69 Å². The van der Waals surface area contributed by atoms with Crippen LogP contribution in [0, 0.1) is 5.41 Å². The van der Waals surface area contributed by atoms with Gasteiger partial charge in [0.05, 0.1) is 24.2 Å². The second-order valence-electron chi connectivity index (χ2n) is 7.48. The van der Waals surface area contributed by atoms with Crippen molar-refractivity contribution in [1.82, 2.24) is 14.9 Å². The molecule has 1 atom stereocenters. The number of hydrogen-bond acceptors (Lipinski definition) is 4. The first-order chi connectivity index (χ1) is 12.8. The Hall–Kier alpha value is -2.13. The van der Waals surface area contributed by atoms with Gasteiger partial charge in [0.15, 0.2) is 0 Å². The topological polar surface area (TPSA) is 70.2 Å². The number of nitrogens with zero attached hydrogens (tertiary/aromatic N) is 2. The highest BCUT2D eigenvalue weighted by Crippen LogP contribution is 2.37. The summed E-state index contributed by atoms with van der Waals surface area (Å²) in [7, 11) is 0. The fourth-order valence-corrected chi connectivity index (χ4v) is 4.02. The van der Waals surface area contributed by atoms with Crippen molar-refractivity contribution in [2.45, 2.75) is 25.4 Å². The zero-order valence-corrected chi connectivity index (χ0v) is 14.7. The molecule has 2 aliphatic rings. The monoisotopic (exact) mass is 382 g/mol. The third-order valence-corrected chi connectivity index (χ3v) is 5.32. The van der Waals surface area contributed by atoms with E-state index < -0.39 is 12.0 Å². The third-order valence-electron chi connectivity index (χ3n) is 5.32. The lowest BCUT2D eigenvalue weighted by atomic mass is 9.82. The Morgan fingerprint density at radius 1 is 1.37 bits per heavy atom. The maximum atomic E-state index is 12.7. The van der Waals surface area contributed by atoms with Gasteiger partial charge in [-0.2, -0.15) is 13.2 Å². The number of fused-ring (bicyclic) bond motifs is 1. The largest absolute Gasteiger partial charge is 0.449 e. The van der Waals surface area contributed by atoms with Gasteiger partial charge in [0, 0.05) is 24.3 Å². The molecule has 4 rings (SSSR count). The number of rotatable bonds is 3. The van der Waals surface area contributed by atoms with Gasteiger partial charge in [-0.15, -0.1) is 0 Å². The van der Waals surface area contributed by atoms with Crippen LogP contribution in [-0.2, 0) is 15.7 Å². The average molecular weight is 382 g/mol. The van der Waals surface area contributed by atoms with E-state index in [1.165, 1.54) is 12.1 Å². The summed E-state index contributed by atoms with van der Waals surface area (Å²) in [6.07, 6.45) is -1.31. The van der Waals surface area contributed by atoms with Crippen LogP contribution in [-0.4, -0.2) is 53.6 Å². The zero-order chi connectivity index (χ0) is 19.1. The fourth-order valence-electron chi connectivity index (χ4n) is 4.02. The third kappa shape index (κ3) is 3.93. The van der Waals surface area contributed by atoms with E-state index in [4.69, 9.17) is 4.74 Å². The summed E-state index contributed by atoms with van der Waals surface area (Å²) in [5.74, 6) is -1.23. The second-order valence-corrected chi connectivity index (χ2v) is 7.48. The molecule has 0 radical (unpaired) electrons. The molecule has 1 spiro atoms. The molecule has 2 fully saturated rings. The minimum absolute atomic E-state index is 0.168. The van der Waals surface area contributed by atoms with Crippen LogP contribution in [0.25, 0.3) is 11.0 Å². The van der Waals surface area contributed by atoms with Crippen LogP contribution in [0.15, 0.2) is 18.2 Å². The van der Waals surface area contributed by atoms with Gasteiger partial charge in [-0.1, -0.05) is 0 Å². The Morgan fingerprint density at radius 3 is 2.96 bits per heavy atom. The van der Waals surface area contributed by atoms with Crippen LogP contribution in [0.2, 0.25) is 0 Å². The van der Waals surface area contributed by atoms with Crippen molar-refractivity contribution in [3.05, 3.63) is 24.0 Å². The number of H-pyrrole nitrogens is 1. The molecule has 2 saturated heterocycles. The predicted molar refractivity (Wildman–Crippen MR) is 93.3 cm³/mol. The van der Waals surface area contributed by atoms with Crippen molar-refractivity contribution in [2.24, 2.45) is 5.41 Å². The SMILES string of the molecule is O=C(CN1CCC2(CCCOC2)C1)Nc1ccc2nc(C(F)(F)F)[nH]c2c1. The Balaban J connectivity index is 1.38.